The molecule has 0 fully saturated rings. The molecular weight excluding hydrogens is 172 g/mol. The Morgan fingerprint density at radius 2 is 1.86 bits per heavy atom. The Morgan fingerprint density at radius 3 is 2.36 bits per heavy atom. The second kappa shape index (κ2) is 8.25. The van der Waals surface area contributed by atoms with Crippen molar-refractivity contribution >= 4 is 0 Å². The Bertz CT molecular complexity index is 125. The monoisotopic (exact) mass is 200 g/mol. The number of nitrogens with one attached hydrogen (secondary N) is 1. The standard InChI is InChI=1S/C12H28N2/c1-6-8-11(3)13-9-10-14(5)12(4)7-2/h11-13H,6-10H2,1-5H3. The molecule has 0 aliphatic rings. The van der Waals surface area contributed by atoms with Crippen molar-refractivity contribution in [3.8, 4) is 0 Å². The van der Waals surface area contributed by atoms with E-state index in [9.17, 15) is 0 Å². The molecule has 0 aromatic heterocycles. The highest BCUT2D eigenvalue weighted by Gasteiger charge is 2.06. The topological polar surface area (TPSA) is 15.3 Å². The van der Waals surface area contributed by atoms with E-state index in [2.05, 4.69) is 45.0 Å². The van der Waals surface area contributed by atoms with Crippen molar-refractivity contribution in [2.45, 2.75) is 59.0 Å². The summed E-state index contributed by atoms with van der Waals surface area (Å²) in [6.45, 7) is 11.3. The average molecular weight is 200 g/mol. The van der Waals surface area contributed by atoms with Crippen LogP contribution in [0.15, 0.2) is 0 Å². The average Bonchev–Trinajstić information content (AvgIpc) is 2.16. The van der Waals surface area contributed by atoms with Crippen LogP contribution < -0.4 is 5.32 Å². The van der Waals surface area contributed by atoms with Crippen LogP contribution in [0.5, 0.6) is 0 Å². The zero-order chi connectivity index (χ0) is 11.0. The van der Waals surface area contributed by atoms with E-state index in [1.54, 1.807) is 0 Å². The van der Waals surface area contributed by atoms with Gasteiger partial charge < -0.3 is 10.2 Å². The van der Waals surface area contributed by atoms with Crippen LogP contribution in [0, 0.1) is 0 Å². The lowest BCUT2D eigenvalue weighted by Gasteiger charge is -2.24. The molecule has 86 valence electrons. The van der Waals surface area contributed by atoms with E-state index >= 15 is 0 Å². The van der Waals surface area contributed by atoms with Crippen molar-refractivity contribution in [1.82, 2.24) is 10.2 Å². The molecule has 2 unspecified atom stereocenters. The van der Waals surface area contributed by atoms with Gasteiger partial charge >= 0.3 is 0 Å². The molecule has 0 saturated carbocycles. The van der Waals surface area contributed by atoms with Crippen LogP contribution in [-0.2, 0) is 0 Å². The molecule has 0 aliphatic carbocycles. The number of rotatable bonds is 8. The molecule has 2 heteroatoms. The summed E-state index contributed by atoms with van der Waals surface area (Å²) in [5, 5.41) is 3.55. The molecule has 0 aliphatic heterocycles. The van der Waals surface area contributed by atoms with Gasteiger partial charge in [-0.15, -0.1) is 0 Å². The Morgan fingerprint density at radius 1 is 1.21 bits per heavy atom. The van der Waals surface area contributed by atoms with Crippen molar-refractivity contribution in [1.29, 1.82) is 0 Å². The van der Waals surface area contributed by atoms with Crippen LogP contribution in [0.2, 0.25) is 0 Å². The summed E-state index contributed by atoms with van der Waals surface area (Å²) in [6, 6.07) is 1.38. The van der Waals surface area contributed by atoms with Crippen LogP contribution in [0.3, 0.4) is 0 Å². The predicted octanol–water partition coefficient (Wildman–Crippen LogP) is 2.49. The normalized spacial score (nSPS) is 15.9. The predicted molar refractivity (Wildman–Crippen MR) is 64.8 cm³/mol. The van der Waals surface area contributed by atoms with Gasteiger partial charge in [0.25, 0.3) is 0 Å². The minimum absolute atomic E-state index is 0.672. The molecule has 0 aromatic carbocycles. The van der Waals surface area contributed by atoms with Gasteiger partial charge in [-0.1, -0.05) is 20.3 Å². The first-order chi connectivity index (χ1) is 6.61. The van der Waals surface area contributed by atoms with Gasteiger partial charge in [-0.05, 0) is 33.7 Å². The highest BCUT2D eigenvalue weighted by atomic mass is 15.1. The lowest BCUT2D eigenvalue weighted by molar-refractivity contribution is 0.248. The van der Waals surface area contributed by atoms with Crippen LogP contribution >= 0.6 is 0 Å². The molecular formula is C12H28N2. The maximum absolute atomic E-state index is 3.55. The Balaban J connectivity index is 3.43. The molecule has 14 heavy (non-hydrogen) atoms. The van der Waals surface area contributed by atoms with Crippen LogP contribution in [0.1, 0.15) is 47.0 Å². The third-order valence-electron chi connectivity index (χ3n) is 3.02. The van der Waals surface area contributed by atoms with Crippen LogP contribution in [0.4, 0.5) is 0 Å². The van der Waals surface area contributed by atoms with Gasteiger partial charge in [-0.3, -0.25) is 0 Å². The lowest BCUT2D eigenvalue weighted by atomic mass is 10.2. The molecule has 1 N–H and O–H groups in total. The van der Waals surface area contributed by atoms with Crippen molar-refractivity contribution in [2.75, 3.05) is 20.1 Å². The van der Waals surface area contributed by atoms with E-state index in [1.165, 1.54) is 19.3 Å². The molecule has 0 amide bonds. The second-order valence-corrected chi connectivity index (χ2v) is 4.38. The SMILES string of the molecule is CCCC(C)NCCN(C)C(C)CC. The van der Waals surface area contributed by atoms with E-state index in [-0.39, 0.29) is 0 Å². The minimum Gasteiger partial charge on any atom is -0.313 e. The van der Waals surface area contributed by atoms with E-state index in [1.807, 2.05) is 0 Å². The fourth-order valence-electron chi connectivity index (χ4n) is 1.55. The summed E-state index contributed by atoms with van der Waals surface area (Å²) >= 11 is 0. The summed E-state index contributed by atoms with van der Waals surface area (Å²) in [4.78, 5) is 2.42. The molecule has 0 radical (unpaired) electrons. The number of likely N-dealkylation sites (N-methyl/N-ethyl adjacent to an activating group) is 1. The zero-order valence-corrected chi connectivity index (χ0v) is 10.6. The van der Waals surface area contributed by atoms with Crippen molar-refractivity contribution < 1.29 is 0 Å². The largest absolute Gasteiger partial charge is 0.313 e. The maximum Gasteiger partial charge on any atom is 0.0107 e. The van der Waals surface area contributed by atoms with Crippen molar-refractivity contribution in [2.24, 2.45) is 0 Å². The van der Waals surface area contributed by atoms with Gasteiger partial charge in [0.1, 0.15) is 0 Å². The first-order valence-corrected chi connectivity index (χ1v) is 6.05. The molecule has 0 bridgehead atoms. The third kappa shape index (κ3) is 6.39. The summed E-state index contributed by atoms with van der Waals surface area (Å²) < 4.78 is 0. The van der Waals surface area contributed by atoms with E-state index in [0.717, 1.165) is 13.1 Å². The Labute approximate surface area is 90.1 Å². The van der Waals surface area contributed by atoms with E-state index in [0.29, 0.717) is 12.1 Å². The second-order valence-electron chi connectivity index (χ2n) is 4.38. The minimum atomic E-state index is 0.672. The molecule has 0 aromatic rings. The fourth-order valence-corrected chi connectivity index (χ4v) is 1.55. The zero-order valence-electron chi connectivity index (χ0n) is 10.6. The Kier molecular flexibility index (Phi) is 8.20. The molecule has 0 rings (SSSR count). The summed E-state index contributed by atoms with van der Waals surface area (Å²) in [6.07, 6.45) is 3.80. The van der Waals surface area contributed by atoms with Gasteiger partial charge in [0, 0.05) is 25.2 Å². The van der Waals surface area contributed by atoms with Gasteiger partial charge in [0.15, 0.2) is 0 Å². The van der Waals surface area contributed by atoms with Gasteiger partial charge in [0.2, 0.25) is 0 Å². The summed E-state index contributed by atoms with van der Waals surface area (Å²) in [5.74, 6) is 0. The Hall–Kier alpha value is -0.0800. The molecule has 0 spiro atoms. The highest BCUT2D eigenvalue weighted by molar-refractivity contribution is 4.65. The first kappa shape index (κ1) is 13.9. The third-order valence-corrected chi connectivity index (χ3v) is 3.02. The molecule has 0 saturated heterocycles. The van der Waals surface area contributed by atoms with Crippen LogP contribution in [-0.4, -0.2) is 37.1 Å². The van der Waals surface area contributed by atoms with E-state index in [4.69, 9.17) is 0 Å². The number of hydrogen-bond acceptors (Lipinski definition) is 2. The van der Waals surface area contributed by atoms with Gasteiger partial charge in [0.05, 0.1) is 0 Å². The van der Waals surface area contributed by atoms with Gasteiger partial charge in [-0.2, -0.15) is 0 Å². The summed E-state index contributed by atoms with van der Waals surface area (Å²) in [7, 11) is 2.21. The first-order valence-electron chi connectivity index (χ1n) is 6.05. The summed E-state index contributed by atoms with van der Waals surface area (Å²) in [5.41, 5.74) is 0. The smallest absolute Gasteiger partial charge is 0.0107 e. The lowest BCUT2D eigenvalue weighted by Crippen LogP contribution is -2.37. The maximum atomic E-state index is 3.55. The van der Waals surface area contributed by atoms with Crippen molar-refractivity contribution in [3.05, 3.63) is 0 Å². The quantitative estimate of drug-likeness (QED) is 0.647. The molecule has 0 heterocycles. The molecule has 2 atom stereocenters. The van der Waals surface area contributed by atoms with Crippen LogP contribution in [0.25, 0.3) is 0 Å². The van der Waals surface area contributed by atoms with E-state index < -0.39 is 0 Å². The molecule has 2 nitrogen and oxygen atoms in total. The number of nitrogens with zero attached hydrogens (tertiary/aromatic N) is 1. The van der Waals surface area contributed by atoms with Crippen molar-refractivity contribution in [3.63, 3.8) is 0 Å². The van der Waals surface area contributed by atoms with Gasteiger partial charge in [-0.25, -0.2) is 0 Å². The fraction of sp³-hybridized carbons (Fsp3) is 1.00. The highest BCUT2D eigenvalue weighted by Crippen LogP contribution is 1.99. The number of hydrogen-bond donors (Lipinski definition) is 1.